The zero-order valence-corrected chi connectivity index (χ0v) is 25.6. The van der Waals surface area contributed by atoms with Gasteiger partial charge in [0, 0.05) is 16.9 Å². The van der Waals surface area contributed by atoms with Gasteiger partial charge in [-0.05, 0) is 50.5 Å². The summed E-state index contributed by atoms with van der Waals surface area (Å²) in [5.41, 5.74) is -0.784. The molecule has 0 saturated carbocycles. The molecule has 3 aliphatic rings. The molecule has 3 fully saturated rings. The largest absolute Gasteiger partial charge is 0.394 e. The Balaban J connectivity index is 1.75. The highest BCUT2D eigenvalue weighted by Gasteiger charge is 2.77. The van der Waals surface area contributed by atoms with Crippen molar-refractivity contribution >= 4 is 33.7 Å². The van der Waals surface area contributed by atoms with E-state index in [1.165, 1.54) is 0 Å². The molecule has 0 aliphatic carbocycles. The first-order valence-electron chi connectivity index (χ1n) is 14.1. The third-order valence-electron chi connectivity index (χ3n) is 8.18. The van der Waals surface area contributed by atoms with Gasteiger partial charge in [-0.3, -0.25) is 14.4 Å². The number of likely N-dealkylation sites (tertiary alicyclic amines) is 1. The molecule has 1 aromatic rings. The standard InChI is InChI=1S/C30H44BrN3O5/c1-7-13-32-25(36)21-22-27(38)34(19(16-35)14-18-11-9-8-10-12-18)24(30(22)15-20(31)23(21)39-30)26(37)33-29(5,6)17-28(2,3)4/h8-12,19-24,35H,7,13-17H2,1-6H3,(H,32,36)(H,33,37)/t19-,20?,21+,22+,23+,24?,30?/m1/s1. The summed E-state index contributed by atoms with van der Waals surface area (Å²) in [4.78, 5) is 43.4. The highest BCUT2D eigenvalue weighted by Crippen LogP contribution is 2.60. The van der Waals surface area contributed by atoms with Crippen molar-refractivity contribution in [3.05, 3.63) is 35.9 Å². The minimum atomic E-state index is -1.16. The van der Waals surface area contributed by atoms with Crippen LogP contribution in [0.25, 0.3) is 0 Å². The molecule has 0 aromatic heterocycles. The lowest BCUT2D eigenvalue weighted by molar-refractivity contribution is -0.146. The van der Waals surface area contributed by atoms with Gasteiger partial charge in [-0.15, -0.1) is 0 Å². The van der Waals surface area contributed by atoms with Crippen molar-refractivity contribution in [3.8, 4) is 0 Å². The van der Waals surface area contributed by atoms with Crippen LogP contribution in [0.15, 0.2) is 30.3 Å². The van der Waals surface area contributed by atoms with Gasteiger partial charge in [0.25, 0.3) is 0 Å². The summed E-state index contributed by atoms with van der Waals surface area (Å²) < 4.78 is 6.59. The molecule has 2 bridgehead atoms. The van der Waals surface area contributed by atoms with Crippen LogP contribution < -0.4 is 10.6 Å². The number of alkyl halides is 1. The summed E-state index contributed by atoms with van der Waals surface area (Å²) in [5.74, 6) is -2.32. The molecule has 216 valence electrons. The number of fused-ring (bicyclic) bond motifs is 1. The Morgan fingerprint density at radius 2 is 1.85 bits per heavy atom. The lowest BCUT2D eigenvalue weighted by Crippen LogP contribution is -2.61. The third-order valence-corrected chi connectivity index (χ3v) is 9.02. The molecule has 9 heteroatoms. The number of nitrogens with zero attached hydrogens (tertiary/aromatic N) is 1. The molecule has 3 unspecified atom stereocenters. The zero-order chi connectivity index (χ0) is 28.8. The van der Waals surface area contributed by atoms with Crippen molar-refractivity contribution in [2.75, 3.05) is 13.2 Å². The van der Waals surface area contributed by atoms with E-state index in [-0.39, 0.29) is 34.6 Å². The summed E-state index contributed by atoms with van der Waals surface area (Å²) in [7, 11) is 0. The van der Waals surface area contributed by atoms with E-state index in [2.05, 4.69) is 47.3 Å². The van der Waals surface area contributed by atoms with Crippen LogP contribution in [0.4, 0.5) is 0 Å². The maximum atomic E-state index is 14.3. The van der Waals surface area contributed by atoms with Gasteiger partial charge in [-0.2, -0.15) is 0 Å². The first-order chi connectivity index (χ1) is 18.2. The number of benzene rings is 1. The Morgan fingerprint density at radius 1 is 1.18 bits per heavy atom. The molecule has 3 saturated heterocycles. The van der Waals surface area contributed by atoms with E-state index in [0.29, 0.717) is 19.4 Å². The molecular weight excluding hydrogens is 562 g/mol. The second-order valence-corrected chi connectivity index (χ2v) is 14.5. The van der Waals surface area contributed by atoms with E-state index in [9.17, 15) is 19.5 Å². The van der Waals surface area contributed by atoms with Crippen molar-refractivity contribution in [2.45, 2.75) is 101 Å². The lowest BCUT2D eigenvalue weighted by Gasteiger charge is -2.40. The van der Waals surface area contributed by atoms with E-state index in [4.69, 9.17) is 4.74 Å². The predicted molar refractivity (Wildman–Crippen MR) is 153 cm³/mol. The number of hydrogen-bond acceptors (Lipinski definition) is 5. The van der Waals surface area contributed by atoms with Crippen LogP contribution >= 0.6 is 15.9 Å². The fraction of sp³-hybridized carbons (Fsp3) is 0.700. The second-order valence-electron chi connectivity index (χ2n) is 13.3. The van der Waals surface area contributed by atoms with Crippen molar-refractivity contribution in [2.24, 2.45) is 17.3 Å². The van der Waals surface area contributed by atoms with Crippen LogP contribution in [0.2, 0.25) is 0 Å². The molecular formula is C30H44BrN3O5. The smallest absolute Gasteiger partial charge is 0.246 e. The first-order valence-corrected chi connectivity index (χ1v) is 15.0. The summed E-state index contributed by atoms with van der Waals surface area (Å²) in [5, 5.41) is 16.7. The van der Waals surface area contributed by atoms with Gasteiger partial charge in [0.05, 0.1) is 30.6 Å². The highest BCUT2D eigenvalue weighted by molar-refractivity contribution is 9.09. The Morgan fingerprint density at radius 3 is 2.44 bits per heavy atom. The van der Waals surface area contributed by atoms with Crippen LogP contribution in [-0.4, -0.2) is 75.0 Å². The molecule has 39 heavy (non-hydrogen) atoms. The molecule has 3 N–H and O–H groups in total. The van der Waals surface area contributed by atoms with Crippen LogP contribution in [0, 0.1) is 17.3 Å². The monoisotopic (exact) mass is 605 g/mol. The number of amides is 3. The van der Waals surface area contributed by atoms with E-state index in [0.717, 1.165) is 18.4 Å². The normalized spacial score (nSPS) is 30.8. The second kappa shape index (κ2) is 11.1. The lowest BCUT2D eigenvalue weighted by atomic mass is 9.70. The number of aliphatic hydroxyl groups is 1. The zero-order valence-electron chi connectivity index (χ0n) is 24.0. The summed E-state index contributed by atoms with van der Waals surface area (Å²) in [6.45, 7) is 12.5. The van der Waals surface area contributed by atoms with Crippen molar-refractivity contribution in [1.29, 1.82) is 0 Å². The number of aliphatic hydroxyl groups excluding tert-OH is 1. The van der Waals surface area contributed by atoms with Gasteiger partial charge in [0.1, 0.15) is 11.6 Å². The molecule has 1 aromatic carbocycles. The van der Waals surface area contributed by atoms with Crippen LogP contribution in [0.5, 0.6) is 0 Å². The van der Waals surface area contributed by atoms with Crippen LogP contribution in [0.1, 0.15) is 66.4 Å². The highest BCUT2D eigenvalue weighted by atomic mass is 79.9. The minimum absolute atomic E-state index is 0.0323. The molecule has 1 spiro atoms. The Bertz CT molecular complexity index is 1070. The molecule has 7 atom stereocenters. The average molecular weight is 607 g/mol. The fourth-order valence-electron chi connectivity index (χ4n) is 7.33. The number of rotatable bonds is 10. The number of halogens is 1. The average Bonchev–Trinajstić information content (AvgIpc) is 3.43. The van der Waals surface area contributed by atoms with Crippen molar-refractivity contribution in [3.63, 3.8) is 0 Å². The predicted octanol–water partition coefficient (Wildman–Crippen LogP) is 3.20. The molecule has 4 rings (SSSR count). The molecule has 3 amide bonds. The number of ether oxygens (including phenoxy) is 1. The Kier molecular flexibility index (Phi) is 8.56. The van der Waals surface area contributed by atoms with Crippen LogP contribution in [0.3, 0.4) is 0 Å². The quantitative estimate of drug-likeness (QED) is 0.355. The number of carbonyl (C=O) groups is 3. The van der Waals surface area contributed by atoms with Gasteiger partial charge in [-0.1, -0.05) is 74.0 Å². The minimum Gasteiger partial charge on any atom is -0.394 e. The van der Waals surface area contributed by atoms with Crippen LogP contribution in [-0.2, 0) is 25.5 Å². The van der Waals surface area contributed by atoms with Gasteiger partial charge >= 0.3 is 0 Å². The SMILES string of the molecule is CCCNC(=O)[C@H]1[C@H]2C(=O)N([C@@H](CO)Cc3ccccc3)C(C(=O)NC(C)(C)CC(C)(C)C)C23CC(Br)[C@@H]1O3. The maximum Gasteiger partial charge on any atom is 0.246 e. The number of nitrogens with one attached hydrogen (secondary N) is 2. The van der Waals surface area contributed by atoms with Gasteiger partial charge in [-0.25, -0.2) is 0 Å². The van der Waals surface area contributed by atoms with Gasteiger partial charge < -0.3 is 25.4 Å². The van der Waals surface area contributed by atoms with E-state index in [1.54, 1.807) is 4.90 Å². The molecule has 8 nitrogen and oxygen atoms in total. The summed E-state index contributed by atoms with van der Waals surface area (Å²) in [6, 6.07) is 8.02. The van der Waals surface area contributed by atoms with E-state index < -0.39 is 41.2 Å². The Hall–Kier alpha value is -1.97. The van der Waals surface area contributed by atoms with Crippen molar-refractivity contribution in [1.82, 2.24) is 15.5 Å². The summed E-state index contributed by atoms with van der Waals surface area (Å²) >= 11 is 3.71. The third kappa shape index (κ3) is 5.77. The summed E-state index contributed by atoms with van der Waals surface area (Å²) in [6.07, 6.45) is 1.81. The first kappa shape index (κ1) is 30.0. The molecule has 3 aliphatic heterocycles. The van der Waals surface area contributed by atoms with Gasteiger partial charge in [0.15, 0.2) is 0 Å². The van der Waals surface area contributed by atoms with Crippen molar-refractivity contribution < 1.29 is 24.2 Å². The number of carbonyl (C=O) groups excluding carboxylic acids is 3. The molecule has 0 radical (unpaired) electrons. The molecule has 3 heterocycles. The maximum absolute atomic E-state index is 14.3. The topological polar surface area (TPSA) is 108 Å². The fourth-order valence-corrected chi connectivity index (χ4v) is 8.28. The Labute approximate surface area is 240 Å². The van der Waals surface area contributed by atoms with E-state index >= 15 is 0 Å². The number of hydrogen-bond donors (Lipinski definition) is 3. The van der Waals surface area contributed by atoms with E-state index in [1.807, 2.05) is 51.1 Å². The van der Waals surface area contributed by atoms with Gasteiger partial charge in [0.2, 0.25) is 17.7 Å².